The number of hydrogen-bond donors (Lipinski definition) is 2. The van der Waals surface area contributed by atoms with E-state index in [-0.39, 0.29) is 6.04 Å². The van der Waals surface area contributed by atoms with E-state index in [0.29, 0.717) is 0 Å². The Morgan fingerprint density at radius 1 is 1.60 bits per heavy atom. The minimum absolute atomic E-state index is 0.0243. The van der Waals surface area contributed by atoms with E-state index in [2.05, 4.69) is 26.2 Å². The second kappa shape index (κ2) is 4.94. The van der Waals surface area contributed by atoms with Crippen molar-refractivity contribution in [2.24, 2.45) is 0 Å². The summed E-state index contributed by atoms with van der Waals surface area (Å²) in [6.07, 6.45) is 4.32. The molecule has 0 saturated heterocycles. The number of aliphatic hydroxyl groups is 1. The number of hydrogen-bond acceptors (Lipinski definition) is 3. The topological polar surface area (TPSA) is 45.2 Å². The van der Waals surface area contributed by atoms with Crippen LogP contribution in [0, 0.1) is 0 Å². The largest absolute Gasteiger partial charge is 0.388 e. The standard InChI is InChI=1S/C11H17BrN2O/c1-4-10(11(2,3)15)14-9-5-6-13-7-8(9)12/h5-7,10,15H,4H2,1-3H3,(H,13,14). The van der Waals surface area contributed by atoms with Crippen LogP contribution < -0.4 is 5.32 Å². The molecule has 3 nitrogen and oxygen atoms in total. The van der Waals surface area contributed by atoms with Crippen molar-refractivity contribution in [3.63, 3.8) is 0 Å². The predicted octanol–water partition coefficient (Wildman–Crippen LogP) is 2.81. The van der Waals surface area contributed by atoms with Crippen LogP contribution in [-0.4, -0.2) is 21.7 Å². The molecule has 1 atom stereocenters. The maximum atomic E-state index is 9.94. The summed E-state index contributed by atoms with van der Waals surface area (Å²) >= 11 is 3.41. The molecule has 1 aromatic heterocycles. The van der Waals surface area contributed by atoms with Gasteiger partial charge in [0.05, 0.1) is 21.8 Å². The molecule has 0 fully saturated rings. The third-order valence-corrected chi connectivity index (χ3v) is 3.00. The van der Waals surface area contributed by atoms with Gasteiger partial charge in [-0.15, -0.1) is 0 Å². The molecule has 0 aliphatic rings. The molecule has 15 heavy (non-hydrogen) atoms. The number of nitrogens with one attached hydrogen (secondary N) is 1. The number of nitrogens with zero attached hydrogens (tertiary/aromatic N) is 1. The fourth-order valence-electron chi connectivity index (χ4n) is 1.46. The minimum Gasteiger partial charge on any atom is -0.388 e. The molecule has 0 amide bonds. The molecular formula is C11H17BrN2O. The lowest BCUT2D eigenvalue weighted by atomic mass is 9.96. The van der Waals surface area contributed by atoms with E-state index < -0.39 is 5.60 Å². The molecule has 2 N–H and O–H groups in total. The molecule has 0 saturated carbocycles. The van der Waals surface area contributed by atoms with Gasteiger partial charge in [-0.3, -0.25) is 4.98 Å². The highest BCUT2D eigenvalue weighted by Gasteiger charge is 2.25. The average molecular weight is 273 g/mol. The fourth-order valence-corrected chi connectivity index (χ4v) is 1.82. The second-order valence-electron chi connectivity index (χ2n) is 4.11. The number of anilines is 1. The lowest BCUT2D eigenvalue weighted by Crippen LogP contribution is -2.41. The molecule has 0 bridgehead atoms. The van der Waals surface area contributed by atoms with Gasteiger partial charge in [-0.1, -0.05) is 6.92 Å². The van der Waals surface area contributed by atoms with Gasteiger partial charge in [0, 0.05) is 12.4 Å². The van der Waals surface area contributed by atoms with Gasteiger partial charge >= 0.3 is 0 Å². The summed E-state index contributed by atoms with van der Waals surface area (Å²) in [5.41, 5.74) is 0.219. The van der Waals surface area contributed by atoms with E-state index in [1.807, 2.05) is 26.8 Å². The minimum atomic E-state index is -0.739. The van der Waals surface area contributed by atoms with E-state index in [9.17, 15) is 5.11 Å². The van der Waals surface area contributed by atoms with Crippen LogP contribution in [0.15, 0.2) is 22.9 Å². The molecule has 1 rings (SSSR count). The molecular weight excluding hydrogens is 256 g/mol. The maximum absolute atomic E-state index is 9.94. The van der Waals surface area contributed by atoms with Gasteiger partial charge in [-0.05, 0) is 42.3 Å². The highest BCUT2D eigenvalue weighted by molar-refractivity contribution is 9.10. The van der Waals surface area contributed by atoms with Crippen LogP contribution in [0.5, 0.6) is 0 Å². The highest BCUT2D eigenvalue weighted by atomic mass is 79.9. The van der Waals surface area contributed by atoms with Crippen molar-refractivity contribution in [3.05, 3.63) is 22.9 Å². The quantitative estimate of drug-likeness (QED) is 0.886. The van der Waals surface area contributed by atoms with Crippen molar-refractivity contribution in [3.8, 4) is 0 Å². The zero-order valence-corrected chi connectivity index (χ0v) is 10.9. The SMILES string of the molecule is CCC(Nc1ccncc1Br)C(C)(C)O. The highest BCUT2D eigenvalue weighted by Crippen LogP contribution is 2.24. The van der Waals surface area contributed by atoms with Crippen LogP contribution in [0.3, 0.4) is 0 Å². The number of pyridine rings is 1. The van der Waals surface area contributed by atoms with Crippen molar-refractivity contribution in [2.75, 3.05) is 5.32 Å². The van der Waals surface area contributed by atoms with Crippen molar-refractivity contribution in [2.45, 2.75) is 38.8 Å². The normalized spacial score (nSPS) is 13.7. The first-order chi connectivity index (χ1) is 6.95. The molecule has 0 aliphatic heterocycles. The Bertz CT molecular complexity index is 323. The van der Waals surface area contributed by atoms with Crippen molar-refractivity contribution < 1.29 is 5.11 Å². The summed E-state index contributed by atoms with van der Waals surface area (Å²) < 4.78 is 0.910. The van der Waals surface area contributed by atoms with Crippen LogP contribution in [0.2, 0.25) is 0 Å². The molecule has 0 spiro atoms. The van der Waals surface area contributed by atoms with Gasteiger partial charge in [-0.2, -0.15) is 0 Å². The lowest BCUT2D eigenvalue weighted by Gasteiger charge is -2.30. The van der Waals surface area contributed by atoms with Crippen LogP contribution in [0.25, 0.3) is 0 Å². The average Bonchev–Trinajstić information content (AvgIpc) is 2.14. The van der Waals surface area contributed by atoms with Gasteiger partial charge in [0.15, 0.2) is 0 Å². The van der Waals surface area contributed by atoms with E-state index in [1.54, 1.807) is 12.4 Å². The summed E-state index contributed by atoms with van der Waals surface area (Å²) in [6, 6.07) is 1.91. The Morgan fingerprint density at radius 3 is 2.73 bits per heavy atom. The molecule has 0 aromatic carbocycles. The van der Waals surface area contributed by atoms with Crippen molar-refractivity contribution in [1.82, 2.24) is 4.98 Å². The van der Waals surface area contributed by atoms with Gasteiger partial charge in [-0.25, -0.2) is 0 Å². The Balaban J connectivity index is 2.80. The first-order valence-electron chi connectivity index (χ1n) is 5.03. The number of halogens is 1. The molecule has 4 heteroatoms. The molecule has 84 valence electrons. The molecule has 0 radical (unpaired) electrons. The van der Waals surface area contributed by atoms with Gasteiger partial charge in [0.2, 0.25) is 0 Å². The molecule has 1 aromatic rings. The first kappa shape index (κ1) is 12.5. The summed E-state index contributed by atoms with van der Waals surface area (Å²) in [6.45, 7) is 5.66. The van der Waals surface area contributed by atoms with E-state index in [1.165, 1.54) is 0 Å². The summed E-state index contributed by atoms with van der Waals surface area (Å²) in [4.78, 5) is 3.99. The zero-order valence-electron chi connectivity index (χ0n) is 9.29. The molecule has 1 unspecified atom stereocenters. The third kappa shape index (κ3) is 3.47. The Hall–Kier alpha value is -0.610. The summed E-state index contributed by atoms with van der Waals surface area (Å²) in [5, 5.41) is 13.2. The lowest BCUT2D eigenvalue weighted by molar-refractivity contribution is 0.0579. The first-order valence-corrected chi connectivity index (χ1v) is 5.83. The van der Waals surface area contributed by atoms with Crippen LogP contribution >= 0.6 is 15.9 Å². The van der Waals surface area contributed by atoms with E-state index in [4.69, 9.17) is 0 Å². The fraction of sp³-hybridized carbons (Fsp3) is 0.545. The van der Waals surface area contributed by atoms with Gasteiger partial charge in [0.25, 0.3) is 0 Å². The van der Waals surface area contributed by atoms with Crippen molar-refractivity contribution >= 4 is 21.6 Å². The third-order valence-electron chi connectivity index (χ3n) is 2.36. The number of rotatable bonds is 4. The van der Waals surface area contributed by atoms with Gasteiger partial charge < -0.3 is 10.4 Å². The summed E-state index contributed by atoms with van der Waals surface area (Å²) in [5.74, 6) is 0. The van der Waals surface area contributed by atoms with Gasteiger partial charge in [0.1, 0.15) is 0 Å². The summed E-state index contributed by atoms with van der Waals surface area (Å²) in [7, 11) is 0. The molecule has 0 aliphatic carbocycles. The van der Waals surface area contributed by atoms with E-state index >= 15 is 0 Å². The molecule has 1 heterocycles. The van der Waals surface area contributed by atoms with Crippen LogP contribution in [0.1, 0.15) is 27.2 Å². The Labute approximate surface area is 99.1 Å². The smallest absolute Gasteiger partial charge is 0.0791 e. The number of aromatic nitrogens is 1. The Morgan fingerprint density at radius 2 is 2.27 bits per heavy atom. The maximum Gasteiger partial charge on any atom is 0.0791 e. The monoisotopic (exact) mass is 272 g/mol. The second-order valence-corrected chi connectivity index (χ2v) is 4.97. The predicted molar refractivity (Wildman–Crippen MR) is 65.9 cm³/mol. The zero-order chi connectivity index (χ0) is 11.5. The van der Waals surface area contributed by atoms with E-state index in [0.717, 1.165) is 16.6 Å². The van der Waals surface area contributed by atoms with Crippen molar-refractivity contribution in [1.29, 1.82) is 0 Å². The van der Waals surface area contributed by atoms with Crippen LogP contribution in [-0.2, 0) is 0 Å². The van der Waals surface area contributed by atoms with Crippen LogP contribution in [0.4, 0.5) is 5.69 Å². The Kier molecular flexibility index (Phi) is 4.11.